The van der Waals surface area contributed by atoms with Crippen LogP contribution in [-0.4, -0.2) is 19.2 Å². The number of terminal acetylenes is 1. The molecule has 0 bridgehead atoms. The van der Waals surface area contributed by atoms with E-state index in [0.29, 0.717) is 12.3 Å². The highest BCUT2D eigenvalue weighted by Crippen LogP contribution is 2.22. The van der Waals surface area contributed by atoms with E-state index in [-0.39, 0.29) is 0 Å². The zero-order chi connectivity index (χ0) is 10.4. The number of aromatic nitrogens is 1. The first-order valence-electron chi connectivity index (χ1n) is 4.32. The zero-order valence-electron chi connectivity index (χ0n) is 8.41. The highest BCUT2D eigenvalue weighted by Gasteiger charge is 2.04. The van der Waals surface area contributed by atoms with Gasteiger partial charge in [0.2, 0.25) is 5.88 Å². The minimum Gasteiger partial charge on any atom is -0.495 e. The van der Waals surface area contributed by atoms with Crippen LogP contribution in [0.1, 0.15) is 12.0 Å². The first-order chi connectivity index (χ1) is 6.81. The molecule has 3 nitrogen and oxygen atoms in total. The van der Waals surface area contributed by atoms with Crippen molar-refractivity contribution >= 4 is 0 Å². The van der Waals surface area contributed by atoms with E-state index in [2.05, 4.69) is 10.9 Å². The maximum absolute atomic E-state index is 5.20. The molecule has 3 heteroatoms. The predicted molar refractivity (Wildman–Crippen MR) is 54.5 cm³/mol. The Morgan fingerprint density at radius 2 is 2.21 bits per heavy atom. The van der Waals surface area contributed by atoms with Gasteiger partial charge in [-0.25, -0.2) is 4.98 Å². The Morgan fingerprint density at radius 3 is 2.79 bits per heavy atom. The van der Waals surface area contributed by atoms with Crippen LogP contribution in [0.2, 0.25) is 0 Å². The fourth-order valence-electron chi connectivity index (χ4n) is 1.16. The summed E-state index contributed by atoms with van der Waals surface area (Å²) in [5, 5.41) is 0. The van der Waals surface area contributed by atoms with Gasteiger partial charge in [0.15, 0.2) is 0 Å². The average Bonchev–Trinajstić information content (AvgIpc) is 2.25. The van der Waals surface area contributed by atoms with E-state index in [1.54, 1.807) is 20.4 Å². The molecule has 1 aromatic heterocycles. The second kappa shape index (κ2) is 5.13. The summed E-state index contributed by atoms with van der Waals surface area (Å²) in [6.45, 7) is 0. The Morgan fingerprint density at radius 1 is 1.43 bits per heavy atom. The Labute approximate surface area is 84.1 Å². The molecule has 0 aliphatic rings. The second-order valence-electron chi connectivity index (χ2n) is 2.74. The third-order valence-electron chi connectivity index (χ3n) is 1.89. The maximum Gasteiger partial charge on any atom is 0.213 e. The quantitative estimate of drug-likeness (QED) is 0.678. The van der Waals surface area contributed by atoms with Gasteiger partial charge in [-0.05, 0) is 6.42 Å². The van der Waals surface area contributed by atoms with Crippen molar-refractivity contribution in [1.82, 2.24) is 4.98 Å². The molecule has 0 amide bonds. The van der Waals surface area contributed by atoms with E-state index in [9.17, 15) is 0 Å². The topological polar surface area (TPSA) is 31.4 Å². The SMILES string of the molecule is C#CCCc1cc(OC)ncc1OC. The number of nitrogens with zero attached hydrogens (tertiary/aromatic N) is 1. The summed E-state index contributed by atoms with van der Waals surface area (Å²) < 4.78 is 10.2. The Bertz CT molecular complexity index is 342. The van der Waals surface area contributed by atoms with Gasteiger partial charge in [-0.2, -0.15) is 0 Å². The van der Waals surface area contributed by atoms with Crippen LogP contribution in [0.25, 0.3) is 0 Å². The van der Waals surface area contributed by atoms with Gasteiger partial charge in [-0.1, -0.05) is 0 Å². The third-order valence-corrected chi connectivity index (χ3v) is 1.89. The summed E-state index contributed by atoms with van der Waals surface area (Å²) in [4.78, 5) is 4.04. The van der Waals surface area contributed by atoms with E-state index in [1.807, 2.05) is 6.07 Å². The number of aryl methyl sites for hydroxylation is 1. The van der Waals surface area contributed by atoms with E-state index in [0.717, 1.165) is 17.7 Å². The molecule has 0 saturated heterocycles. The number of rotatable bonds is 4. The van der Waals surface area contributed by atoms with Crippen LogP contribution in [0, 0.1) is 12.3 Å². The van der Waals surface area contributed by atoms with Gasteiger partial charge >= 0.3 is 0 Å². The summed E-state index contributed by atoms with van der Waals surface area (Å²) in [6, 6.07) is 1.84. The van der Waals surface area contributed by atoms with Crippen LogP contribution in [-0.2, 0) is 6.42 Å². The van der Waals surface area contributed by atoms with Crippen molar-refractivity contribution in [1.29, 1.82) is 0 Å². The van der Waals surface area contributed by atoms with Gasteiger partial charge in [-0.3, -0.25) is 0 Å². The highest BCUT2D eigenvalue weighted by molar-refractivity contribution is 5.35. The summed E-state index contributed by atoms with van der Waals surface area (Å²) in [7, 11) is 3.20. The van der Waals surface area contributed by atoms with Gasteiger partial charge in [0.1, 0.15) is 5.75 Å². The maximum atomic E-state index is 5.20. The minimum absolute atomic E-state index is 0.581. The first kappa shape index (κ1) is 10.4. The molecule has 0 fully saturated rings. The molecule has 0 spiro atoms. The molecule has 0 saturated carbocycles. The molecule has 0 N–H and O–H groups in total. The molecular formula is C11H13NO2. The molecule has 0 unspecified atom stereocenters. The lowest BCUT2D eigenvalue weighted by Gasteiger charge is -2.07. The number of pyridine rings is 1. The molecule has 0 aliphatic heterocycles. The van der Waals surface area contributed by atoms with Crippen LogP contribution in [0.5, 0.6) is 11.6 Å². The lowest BCUT2D eigenvalue weighted by molar-refractivity contribution is 0.384. The fraction of sp³-hybridized carbons (Fsp3) is 0.364. The van der Waals surface area contributed by atoms with Crippen molar-refractivity contribution < 1.29 is 9.47 Å². The average molecular weight is 191 g/mol. The summed E-state index contributed by atoms with van der Waals surface area (Å²) in [6.07, 6.45) is 8.30. The van der Waals surface area contributed by atoms with Crippen LogP contribution >= 0.6 is 0 Å². The van der Waals surface area contributed by atoms with Gasteiger partial charge in [0.25, 0.3) is 0 Å². The molecule has 14 heavy (non-hydrogen) atoms. The summed E-state index contributed by atoms with van der Waals surface area (Å²) in [5.74, 6) is 3.92. The largest absolute Gasteiger partial charge is 0.495 e. The van der Waals surface area contributed by atoms with Crippen LogP contribution in [0.3, 0.4) is 0 Å². The Hall–Kier alpha value is -1.69. The van der Waals surface area contributed by atoms with Crippen molar-refractivity contribution in [2.75, 3.05) is 14.2 Å². The van der Waals surface area contributed by atoms with Crippen LogP contribution in [0.4, 0.5) is 0 Å². The van der Waals surface area contributed by atoms with Crippen LogP contribution < -0.4 is 9.47 Å². The normalized spacial score (nSPS) is 9.21. The Kier molecular flexibility index (Phi) is 3.81. The molecule has 0 radical (unpaired) electrons. The molecule has 1 aromatic rings. The van der Waals surface area contributed by atoms with Gasteiger partial charge in [-0.15, -0.1) is 12.3 Å². The highest BCUT2D eigenvalue weighted by atomic mass is 16.5. The molecule has 74 valence electrons. The van der Waals surface area contributed by atoms with Crippen molar-refractivity contribution in [2.24, 2.45) is 0 Å². The lowest BCUT2D eigenvalue weighted by atomic mass is 10.1. The number of ether oxygens (including phenoxy) is 2. The van der Waals surface area contributed by atoms with Crippen molar-refractivity contribution in [3.63, 3.8) is 0 Å². The fourth-order valence-corrected chi connectivity index (χ4v) is 1.16. The molecular weight excluding hydrogens is 178 g/mol. The molecule has 0 aromatic carbocycles. The monoisotopic (exact) mass is 191 g/mol. The lowest BCUT2D eigenvalue weighted by Crippen LogP contribution is -1.95. The molecule has 0 aliphatic carbocycles. The predicted octanol–water partition coefficient (Wildman–Crippen LogP) is 1.66. The molecule has 0 atom stereocenters. The van der Waals surface area contributed by atoms with Crippen molar-refractivity contribution in [2.45, 2.75) is 12.8 Å². The van der Waals surface area contributed by atoms with Crippen molar-refractivity contribution in [3.05, 3.63) is 17.8 Å². The number of hydrogen-bond donors (Lipinski definition) is 0. The van der Waals surface area contributed by atoms with Crippen molar-refractivity contribution in [3.8, 4) is 24.0 Å². The Balaban J connectivity index is 2.91. The van der Waals surface area contributed by atoms with Crippen LogP contribution in [0.15, 0.2) is 12.3 Å². The minimum atomic E-state index is 0.581. The van der Waals surface area contributed by atoms with E-state index in [1.165, 1.54) is 0 Å². The summed E-state index contributed by atoms with van der Waals surface area (Å²) in [5.41, 5.74) is 1.03. The van der Waals surface area contributed by atoms with E-state index >= 15 is 0 Å². The first-order valence-corrected chi connectivity index (χ1v) is 4.32. The standard InChI is InChI=1S/C11H13NO2/c1-4-5-6-9-7-11(14-3)12-8-10(9)13-2/h1,7-8H,5-6H2,2-3H3. The molecule has 1 rings (SSSR count). The van der Waals surface area contributed by atoms with Gasteiger partial charge < -0.3 is 9.47 Å². The molecule has 1 heterocycles. The summed E-state index contributed by atoms with van der Waals surface area (Å²) >= 11 is 0. The smallest absolute Gasteiger partial charge is 0.213 e. The number of methoxy groups -OCH3 is 2. The third kappa shape index (κ3) is 2.40. The number of hydrogen-bond acceptors (Lipinski definition) is 3. The van der Waals surface area contributed by atoms with Gasteiger partial charge in [0.05, 0.1) is 20.4 Å². The van der Waals surface area contributed by atoms with Gasteiger partial charge in [0, 0.05) is 18.1 Å². The second-order valence-corrected chi connectivity index (χ2v) is 2.74. The zero-order valence-corrected chi connectivity index (χ0v) is 8.41. The van der Waals surface area contributed by atoms with E-state index < -0.39 is 0 Å². The van der Waals surface area contributed by atoms with E-state index in [4.69, 9.17) is 15.9 Å².